The maximum atomic E-state index is 12.0. The molecule has 1 heterocycles. The Kier molecular flexibility index (Phi) is 8.75. The number of carbonyl (C=O) groups is 1. The highest BCUT2D eigenvalue weighted by atomic mass is 127. The zero-order chi connectivity index (χ0) is 19.9. The van der Waals surface area contributed by atoms with E-state index in [1.165, 1.54) is 5.69 Å². The molecule has 2 aromatic carbocycles. The lowest BCUT2D eigenvalue weighted by Crippen LogP contribution is -2.52. The number of benzene rings is 2. The Morgan fingerprint density at radius 1 is 1.00 bits per heavy atom. The van der Waals surface area contributed by atoms with E-state index in [2.05, 4.69) is 50.4 Å². The third-order valence-corrected chi connectivity index (χ3v) is 4.97. The molecule has 3 rings (SSSR count). The maximum Gasteiger partial charge on any atom is 0.253 e. The molecule has 1 N–H and O–H groups in total. The molecule has 1 aliphatic rings. The van der Waals surface area contributed by atoms with Gasteiger partial charge in [0.25, 0.3) is 5.91 Å². The second-order valence-corrected chi connectivity index (χ2v) is 7.11. The number of hydrogen-bond acceptors (Lipinski definition) is 3. The quantitative estimate of drug-likeness (QED) is 0.393. The molecular weight excluding hydrogens is 477 g/mol. The molecule has 0 spiro atoms. The van der Waals surface area contributed by atoms with Crippen LogP contribution in [0.2, 0.25) is 0 Å². The average molecular weight is 507 g/mol. The zero-order valence-electron chi connectivity index (χ0n) is 17.3. The summed E-state index contributed by atoms with van der Waals surface area (Å²) in [5, 5.41) is 3.44. The van der Waals surface area contributed by atoms with E-state index >= 15 is 0 Å². The summed E-state index contributed by atoms with van der Waals surface area (Å²) >= 11 is 0. The van der Waals surface area contributed by atoms with Gasteiger partial charge in [-0.15, -0.1) is 24.0 Å². The molecule has 7 heteroatoms. The van der Waals surface area contributed by atoms with E-state index in [9.17, 15) is 4.79 Å². The van der Waals surface area contributed by atoms with E-state index in [0.717, 1.165) is 37.7 Å². The fraction of sp³-hybridized carbons (Fsp3) is 0.364. The van der Waals surface area contributed by atoms with Crippen LogP contribution in [0.4, 0.5) is 5.69 Å². The fourth-order valence-corrected chi connectivity index (χ4v) is 3.35. The van der Waals surface area contributed by atoms with Crippen LogP contribution in [-0.2, 0) is 6.54 Å². The Morgan fingerprint density at radius 2 is 1.62 bits per heavy atom. The molecule has 0 aliphatic carbocycles. The van der Waals surface area contributed by atoms with Crippen molar-refractivity contribution in [2.75, 3.05) is 52.2 Å². The predicted octanol–water partition coefficient (Wildman–Crippen LogP) is 2.90. The number of nitrogens with zero attached hydrogens (tertiary/aromatic N) is 4. The van der Waals surface area contributed by atoms with Gasteiger partial charge in [-0.1, -0.05) is 30.3 Å². The summed E-state index contributed by atoms with van der Waals surface area (Å²) in [5.74, 6) is 0.938. The summed E-state index contributed by atoms with van der Waals surface area (Å²) in [6.07, 6.45) is 0. The minimum Gasteiger partial charge on any atom is -0.368 e. The van der Waals surface area contributed by atoms with E-state index in [1.807, 2.05) is 31.3 Å². The Labute approximate surface area is 190 Å². The monoisotopic (exact) mass is 507 g/mol. The van der Waals surface area contributed by atoms with Crippen LogP contribution in [0.3, 0.4) is 0 Å². The molecule has 0 atom stereocenters. The molecule has 1 amide bonds. The van der Waals surface area contributed by atoms with Crippen LogP contribution in [0.1, 0.15) is 15.9 Å². The molecule has 1 fully saturated rings. The number of carbonyl (C=O) groups excluding carboxylic acids is 1. The molecular formula is C22H30IN5O. The van der Waals surface area contributed by atoms with Gasteiger partial charge in [0.1, 0.15) is 0 Å². The van der Waals surface area contributed by atoms with Crippen molar-refractivity contribution in [3.63, 3.8) is 0 Å². The Bertz CT molecular complexity index is 800. The molecule has 0 bridgehead atoms. The predicted molar refractivity (Wildman–Crippen MR) is 130 cm³/mol. The molecule has 0 saturated carbocycles. The van der Waals surface area contributed by atoms with Crippen molar-refractivity contribution in [2.45, 2.75) is 6.54 Å². The smallest absolute Gasteiger partial charge is 0.253 e. The molecule has 1 aliphatic heterocycles. The first-order valence-electron chi connectivity index (χ1n) is 9.64. The SMILES string of the molecule is CN=C(NCc1ccc(C(=O)N(C)C)cc1)N1CCN(c2ccccc2)CC1.I. The van der Waals surface area contributed by atoms with Gasteiger partial charge in [-0.25, -0.2) is 0 Å². The van der Waals surface area contributed by atoms with Crippen molar-refractivity contribution in [1.29, 1.82) is 0 Å². The molecule has 6 nitrogen and oxygen atoms in total. The number of rotatable bonds is 4. The van der Waals surface area contributed by atoms with E-state index < -0.39 is 0 Å². The summed E-state index contributed by atoms with van der Waals surface area (Å²) in [5.41, 5.74) is 3.10. The number of anilines is 1. The van der Waals surface area contributed by atoms with E-state index in [0.29, 0.717) is 12.1 Å². The number of hydrogen-bond donors (Lipinski definition) is 1. The number of guanidine groups is 1. The first-order chi connectivity index (χ1) is 13.6. The van der Waals surface area contributed by atoms with Crippen LogP contribution in [-0.4, -0.2) is 69.0 Å². The lowest BCUT2D eigenvalue weighted by Gasteiger charge is -2.37. The van der Waals surface area contributed by atoms with Crippen molar-refractivity contribution < 1.29 is 4.79 Å². The summed E-state index contributed by atoms with van der Waals surface area (Å²) in [6.45, 7) is 4.51. The second kappa shape index (κ2) is 11.0. The molecule has 0 unspecified atom stereocenters. The van der Waals surface area contributed by atoms with E-state index in [1.54, 1.807) is 19.0 Å². The Hall–Kier alpha value is -2.29. The Morgan fingerprint density at radius 3 is 2.17 bits per heavy atom. The number of amides is 1. The van der Waals surface area contributed by atoms with Crippen LogP contribution in [0.25, 0.3) is 0 Å². The molecule has 0 aromatic heterocycles. The minimum absolute atomic E-state index is 0. The van der Waals surface area contributed by atoms with E-state index in [-0.39, 0.29) is 29.9 Å². The highest BCUT2D eigenvalue weighted by Crippen LogP contribution is 2.15. The second-order valence-electron chi connectivity index (χ2n) is 7.11. The number of halogens is 1. The third kappa shape index (κ3) is 6.09. The summed E-state index contributed by atoms with van der Waals surface area (Å²) < 4.78 is 0. The van der Waals surface area contributed by atoms with Crippen LogP contribution >= 0.6 is 24.0 Å². The van der Waals surface area contributed by atoms with Crippen molar-refractivity contribution in [2.24, 2.45) is 4.99 Å². The lowest BCUT2D eigenvalue weighted by molar-refractivity contribution is 0.0827. The van der Waals surface area contributed by atoms with Gasteiger partial charge in [-0.05, 0) is 29.8 Å². The van der Waals surface area contributed by atoms with Crippen LogP contribution in [0, 0.1) is 0 Å². The number of piperazine rings is 1. The van der Waals surface area contributed by atoms with Crippen LogP contribution < -0.4 is 10.2 Å². The van der Waals surface area contributed by atoms with Gasteiger partial charge in [-0.3, -0.25) is 9.79 Å². The normalized spacial score (nSPS) is 14.2. The minimum atomic E-state index is 0. The topological polar surface area (TPSA) is 51.2 Å². The van der Waals surface area contributed by atoms with Gasteiger partial charge in [0, 0.05) is 65.1 Å². The van der Waals surface area contributed by atoms with Crippen molar-refractivity contribution in [1.82, 2.24) is 15.1 Å². The third-order valence-electron chi connectivity index (χ3n) is 4.97. The van der Waals surface area contributed by atoms with Gasteiger partial charge in [0.05, 0.1) is 0 Å². The number of aliphatic imine (C=N–C) groups is 1. The maximum absolute atomic E-state index is 12.0. The Balaban J connectivity index is 0.00000300. The van der Waals surface area contributed by atoms with Crippen molar-refractivity contribution >= 4 is 41.5 Å². The number of nitrogens with one attached hydrogen (secondary N) is 1. The number of para-hydroxylation sites is 1. The summed E-state index contributed by atoms with van der Waals surface area (Å²) in [7, 11) is 5.35. The summed E-state index contributed by atoms with van der Waals surface area (Å²) in [6, 6.07) is 18.3. The zero-order valence-corrected chi connectivity index (χ0v) is 19.7. The lowest BCUT2D eigenvalue weighted by atomic mass is 10.1. The van der Waals surface area contributed by atoms with Gasteiger partial charge >= 0.3 is 0 Å². The fourth-order valence-electron chi connectivity index (χ4n) is 3.35. The van der Waals surface area contributed by atoms with Gasteiger partial charge in [0.15, 0.2) is 5.96 Å². The van der Waals surface area contributed by atoms with Gasteiger partial charge in [0.2, 0.25) is 0 Å². The first-order valence-corrected chi connectivity index (χ1v) is 9.64. The van der Waals surface area contributed by atoms with Crippen LogP contribution in [0.15, 0.2) is 59.6 Å². The molecule has 29 heavy (non-hydrogen) atoms. The van der Waals surface area contributed by atoms with Gasteiger partial charge < -0.3 is 20.0 Å². The molecule has 156 valence electrons. The average Bonchev–Trinajstić information content (AvgIpc) is 2.75. The highest BCUT2D eigenvalue weighted by molar-refractivity contribution is 14.0. The van der Waals surface area contributed by atoms with E-state index in [4.69, 9.17) is 0 Å². The highest BCUT2D eigenvalue weighted by Gasteiger charge is 2.19. The van der Waals surface area contributed by atoms with Crippen LogP contribution in [0.5, 0.6) is 0 Å². The standard InChI is InChI=1S/C22H29N5O.HI/c1-23-22(24-17-18-9-11-19(12-10-18)21(28)25(2)3)27-15-13-26(14-16-27)20-7-5-4-6-8-20;/h4-12H,13-17H2,1-3H3,(H,23,24);1H. The van der Waals surface area contributed by atoms with Gasteiger partial charge in [-0.2, -0.15) is 0 Å². The van der Waals surface area contributed by atoms with Crippen molar-refractivity contribution in [3.05, 3.63) is 65.7 Å². The molecule has 2 aromatic rings. The van der Waals surface area contributed by atoms with Crippen molar-refractivity contribution in [3.8, 4) is 0 Å². The summed E-state index contributed by atoms with van der Waals surface area (Å²) in [4.78, 5) is 22.7. The first kappa shape index (κ1) is 23.0. The molecule has 1 saturated heterocycles. The molecule has 0 radical (unpaired) electrons. The largest absolute Gasteiger partial charge is 0.368 e.